The van der Waals surface area contributed by atoms with Gasteiger partial charge < -0.3 is 22.9 Å². The van der Waals surface area contributed by atoms with Crippen molar-refractivity contribution >= 4 is 53.9 Å². The van der Waals surface area contributed by atoms with Crippen molar-refractivity contribution in [2.24, 2.45) is 0 Å². The van der Waals surface area contributed by atoms with E-state index >= 15 is 8.63 Å². The molecule has 0 unspecified atom stereocenters. The number of allylic oxidation sites excluding steroid dienone is 5. The van der Waals surface area contributed by atoms with E-state index in [1.807, 2.05) is 60.7 Å². The molecule has 3 heterocycles. The minimum absolute atomic E-state index is 0.110. The normalized spacial score (nSPS) is 15.0. The average Bonchev–Trinajstić information content (AvgIpc) is 3.78. The molecule has 2 aliphatic heterocycles. The lowest BCUT2D eigenvalue weighted by molar-refractivity contribution is -0.360. The molecule has 1 aromatic heterocycles. The molecule has 0 atom stereocenters. The van der Waals surface area contributed by atoms with E-state index in [1.165, 1.54) is 15.9 Å². The highest BCUT2D eigenvalue weighted by atomic mass is 31.2. The third kappa shape index (κ3) is 6.62. The van der Waals surface area contributed by atoms with Crippen molar-refractivity contribution in [1.29, 1.82) is 0 Å². The standard InChI is InChI=1S/C42H37BF2N3OP/c44-43(45)47-35(18-14-13-17-34-15-5-1-6-16-34)25-27-37(47)33-38-28-26-36(48(38)43)29-30-42(49)46-31-32-50(39-19-7-2-8-20-39,40-21-9-3-10-22-40)41-23-11-4-12-24-41/h1-28,33H,29-32H2/p+1. The molecule has 0 bridgehead atoms. The Morgan fingerprint density at radius 3 is 1.88 bits per heavy atom. The maximum absolute atomic E-state index is 16.3. The second-order valence-electron chi connectivity index (χ2n) is 12.4. The summed E-state index contributed by atoms with van der Waals surface area (Å²) in [6, 6.07) is 44.9. The summed E-state index contributed by atoms with van der Waals surface area (Å²) in [6.45, 7) is -3.70. The predicted molar refractivity (Wildman–Crippen MR) is 206 cm³/mol. The van der Waals surface area contributed by atoms with Crippen molar-refractivity contribution in [2.45, 2.75) is 12.8 Å². The van der Waals surface area contributed by atoms with Gasteiger partial charge in [0.2, 0.25) is 5.91 Å². The van der Waals surface area contributed by atoms with Crippen LogP contribution in [0.15, 0.2) is 170 Å². The minimum atomic E-state index is -4.17. The van der Waals surface area contributed by atoms with Gasteiger partial charge in [-0.05, 0) is 66.2 Å². The minimum Gasteiger partial charge on any atom is -0.394 e. The first-order valence-corrected chi connectivity index (χ1v) is 18.9. The summed E-state index contributed by atoms with van der Waals surface area (Å²) in [5.41, 5.74) is 2.79. The van der Waals surface area contributed by atoms with Crippen LogP contribution in [0.25, 0.3) is 12.2 Å². The van der Waals surface area contributed by atoms with Crippen LogP contribution in [0.2, 0.25) is 0 Å². The highest BCUT2D eigenvalue weighted by Crippen LogP contribution is 2.54. The number of fused-ring (bicyclic) bond motifs is 2. The monoisotopic (exact) mass is 680 g/mol. The molecule has 1 amide bonds. The molecule has 5 aromatic rings. The van der Waals surface area contributed by atoms with E-state index in [0.29, 0.717) is 29.3 Å². The number of halogens is 2. The molecule has 7 rings (SSSR count). The van der Waals surface area contributed by atoms with E-state index in [4.69, 9.17) is 0 Å². The van der Waals surface area contributed by atoms with Gasteiger partial charge in [0.05, 0.1) is 12.7 Å². The van der Waals surface area contributed by atoms with Gasteiger partial charge >= 0.3 is 6.97 Å². The second-order valence-corrected chi connectivity index (χ2v) is 16.0. The maximum atomic E-state index is 16.3. The SMILES string of the molecule is O=C(CCc1ccc2n1[B-](F)(F)[N+]1=C(C=CC=Cc3ccccc3)C=CC1=C2)NCC[P+](c1ccccc1)(c1ccccc1)c1ccccc1. The molecular weight excluding hydrogens is 642 g/mol. The number of nitrogens with one attached hydrogen (secondary N) is 1. The zero-order chi connectivity index (χ0) is 34.4. The Bertz CT molecular complexity index is 2030. The van der Waals surface area contributed by atoms with E-state index in [2.05, 4.69) is 78.1 Å². The van der Waals surface area contributed by atoms with E-state index in [0.717, 1.165) is 20.7 Å². The number of rotatable bonds is 12. The molecule has 0 saturated carbocycles. The number of carbonyl (C=O) groups is 1. The highest BCUT2D eigenvalue weighted by molar-refractivity contribution is 7.95. The summed E-state index contributed by atoms with van der Waals surface area (Å²) in [6.07, 6.45) is 13.5. The fourth-order valence-electron chi connectivity index (χ4n) is 7.03. The summed E-state index contributed by atoms with van der Waals surface area (Å²) < 4.78 is 34.9. The Hall–Kier alpha value is -5.39. The smallest absolute Gasteiger partial charge is 0.394 e. The molecule has 50 heavy (non-hydrogen) atoms. The predicted octanol–water partition coefficient (Wildman–Crippen LogP) is 7.40. The third-order valence-corrected chi connectivity index (χ3v) is 13.8. The molecule has 0 spiro atoms. The number of aryl methyl sites for hydroxylation is 1. The largest absolute Gasteiger partial charge is 0.737 e. The molecule has 4 nitrogen and oxygen atoms in total. The lowest BCUT2D eigenvalue weighted by Crippen LogP contribution is -2.50. The van der Waals surface area contributed by atoms with Crippen molar-refractivity contribution in [3.05, 3.63) is 186 Å². The number of carbonyl (C=O) groups excluding carboxylic acids is 1. The van der Waals surface area contributed by atoms with Crippen LogP contribution in [0, 0.1) is 0 Å². The van der Waals surface area contributed by atoms with Gasteiger partial charge in [-0.15, -0.1) is 0 Å². The van der Waals surface area contributed by atoms with Crippen LogP contribution in [-0.2, 0) is 11.2 Å². The van der Waals surface area contributed by atoms with Crippen LogP contribution >= 0.6 is 7.26 Å². The number of hydrogen-bond acceptors (Lipinski definition) is 1. The van der Waals surface area contributed by atoms with E-state index < -0.39 is 14.2 Å². The van der Waals surface area contributed by atoms with Gasteiger partial charge in [0.1, 0.15) is 23.2 Å². The molecule has 2 aliphatic rings. The van der Waals surface area contributed by atoms with E-state index in [-0.39, 0.29) is 18.7 Å². The second kappa shape index (κ2) is 14.6. The molecule has 248 valence electrons. The van der Waals surface area contributed by atoms with Gasteiger partial charge in [-0.3, -0.25) is 4.79 Å². The van der Waals surface area contributed by atoms with Crippen molar-refractivity contribution < 1.29 is 17.9 Å². The van der Waals surface area contributed by atoms with Gasteiger partial charge in [-0.25, -0.2) is 0 Å². The van der Waals surface area contributed by atoms with Gasteiger partial charge in [-0.1, -0.05) is 103 Å². The number of nitrogens with zero attached hydrogens (tertiary/aromatic N) is 2. The first-order valence-electron chi connectivity index (χ1n) is 17.0. The third-order valence-electron chi connectivity index (χ3n) is 9.37. The first-order chi connectivity index (χ1) is 24.5. The van der Waals surface area contributed by atoms with Crippen LogP contribution in [0.1, 0.15) is 23.4 Å². The summed E-state index contributed by atoms with van der Waals surface area (Å²) >= 11 is 0. The quantitative estimate of drug-likeness (QED) is 0.0833. The summed E-state index contributed by atoms with van der Waals surface area (Å²) in [4.78, 5) is 13.3. The Morgan fingerprint density at radius 2 is 1.28 bits per heavy atom. The van der Waals surface area contributed by atoms with Crippen LogP contribution in [0.3, 0.4) is 0 Å². The first kappa shape index (κ1) is 33.1. The lowest BCUT2D eigenvalue weighted by atomic mass is 9.90. The Kier molecular flexibility index (Phi) is 9.68. The Morgan fingerprint density at radius 1 is 0.720 bits per heavy atom. The van der Waals surface area contributed by atoms with Crippen molar-refractivity contribution in [1.82, 2.24) is 9.79 Å². The van der Waals surface area contributed by atoms with Crippen LogP contribution in [0.4, 0.5) is 8.63 Å². The fourth-order valence-corrected chi connectivity index (χ4v) is 11.2. The average molecular weight is 681 g/mol. The van der Waals surface area contributed by atoms with Gasteiger partial charge in [-0.2, -0.15) is 0 Å². The van der Waals surface area contributed by atoms with Crippen molar-refractivity contribution in [3.8, 4) is 0 Å². The molecule has 0 aliphatic carbocycles. The van der Waals surface area contributed by atoms with Crippen LogP contribution < -0.4 is 21.2 Å². The lowest BCUT2D eigenvalue weighted by Gasteiger charge is -2.30. The Labute approximate surface area is 292 Å². The van der Waals surface area contributed by atoms with Crippen molar-refractivity contribution in [2.75, 3.05) is 12.7 Å². The molecule has 4 aromatic carbocycles. The number of amides is 1. The van der Waals surface area contributed by atoms with Gasteiger partial charge in [0.15, 0.2) is 11.4 Å². The molecular formula is C42H38BF2N3OP+. The highest BCUT2D eigenvalue weighted by Gasteiger charge is 2.52. The van der Waals surface area contributed by atoms with E-state index in [9.17, 15) is 4.79 Å². The molecule has 0 fully saturated rings. The zero-order valence-electron chi connectivity index (χ0n) is 27.7. The van der Waals surface area contributed by atoms with Gasteiger partial charge in [0.25, 0.3) is 0 Å². The van der Waals surface area contributed by atoms with Crippen molar-refractivity contribution in [3.63, 3.8) is 0 Å². The van der Waals surface area contributed by atoms with E-state index in [1.54, 1.807) is 42.5 Å². The van der Waals surface area contributed by atoms with Crippen LogP contribution in [0.5, 0.6) is 0 Å². The molecule has 1 N–H and O–H groups in total. The zero-order valence-corrected chi connectivity index (χ0v) is 28.5. The summed E-state index contributed by atoms with van der Waals surface area (Å²) in [5.74, 6) is -0.154. The fraction of sp³-hybridized carbons (Fsp3) is 0.0952. The molecule has 0 saturated heterocycles. The molecule has 8 heteroatoms. The summed E-state index contributed by atoms with van der Waals surface area (Å²) in [7, 11) is -2.10. The molecule has 0 radical (unpaired) electrons. The van der Waals surface area contributed by atoms with Gasteiger partial charge in [0, 0.05) is 36.4 Å². The Balaban J connectivity index is 1.06. The summed E-state index contributed by atoms with van der Waals surface area (Å²) in [5, 5.41) is 6.88. The number of aromatic nitrogens is 1. The van der Waals surface area contributed by atoms with Crippen LogP contribution in [-0.4, -0.2) is 40.3 Å². The number of hydrogen-bond donors (Lipinski definition) is 1. The number of benzene rings is 4. The topological polar surface area (TPSA) is 37.0 Å². The maximum Gasteiger partial charge on any atom is 0.737 e.